The number of likely N-dealkylation sites (N-methyl/N-ethyl adjacent to an activating group) is 1. The summed E-state index contributed by atoms with van der Waals surface area (Å²) in [6, 6.07) is 7.94. The number of aliphatic hydroxyl groups is 1. The third-order valence-corrected chi connectivity index (χ3v) is 4.12. The Morgan fingerprint density at radius 1 is 1.47 bits per heavy atom. The number of aliphatic hydroxyl groups excluding tert-OH is 1. The van der Waals surface area contributed by atoms with Crippen LogP contribution in [0.3, 0.4) is 0 Å². The average Bonchev–Trinajstić information content (AvgIpc) is 2.39. The minimum absolute atomic E-state index is 0.0207. The molecule has 0 saturated heterocycles. The van der Waals surface area contributed by atoms with Crippen molar-refractivity contribution in [1.29, 1.82) is 0 Å². The number of amides is 2. The molecule has 2 amide bonds. The Morgan fingerprint density at radius 2 is 2.11 bits per heavy atom. The summed E-state index contributed by atoms with van der Waals surface area (Å²) in [6.07, 6.45) is 0. The van der Waals surface area contributed by atoms with Crippen molar-refractivity contribution in [2.24, 2.45) is 0 Å². The van der Waals surface area contributed by atoms with E-state index in [0.717, 1.165) is 4.47 Å². The quantitative estimate of drug-likeness (QED) is 0.778. The molecule has 0 bridgehead atoms. The number of benzene rings is 1. The lowest BCUT2D eigenvalue weighted by molar-refractivity contribution is 0.190. The van der Waals surface area contributed by atoms with Crippen molar-refractivity contribution in [3.8, 4) is 0 Å². The lowest BCUT2D eigenvalue weighted by Crippen LogP contribution is -2.40. The summed E-state index contributed by atoms with van der Waals surface area (Å²) in [7, 11) is 1.66. The number of nitrogens with one attached hydrogen (secondary N) is 1. The smallest absolute Gasteiger partial charge is 0.317 e. The molecule has 0 spiro atoms. The van der Waals surface area contributed by atoms with Gasteiger partial charge >= 0.3 is 6.03 Å². The summed E-state index contributed by atoms with van der Waals surface area (Å²) in [5.74, 6) is 0. The first-order valence-electron chi connectivity index (χ1n) is 6.05. The molecule has 0 aliphatic heterocycles. The Balaban J connectivity index is 2.33. The Labute approximate surface area is 126 Å². The monoisotopic (exact) mass is 346 g/mol. The van der Waals surface area contributed by atoms with Crippen molar-refractivity contribution in [2.75, 3.05) is 26.7 Å². The SMILES string of the molecule is CC(CNC(=O)N(C)CCO)Sc1ccc(Br)cc1. The molecule has 0 radical (unpaired) electrons. The van der Waals surface area contributed by atoms with Crippen LogP contribution in [0.2, 0.25) is 0 Å². The van der Waals surface area contributed by atoms with Gasteiger partial charge in [0.15, 0.2) is 0 Å². The van der Waals surface area contributed by atoms with E-state index in [0.29, 0.717) is 13.1 Å². The standard InChI is InChI=1S/C13H19BrN2O2S/c1-10(9-15-13(18)16(2)7-8-17)19-12-5-3-11(14)4-6-12/h3-6,10,17H,7-9H2,1-2H3,(H,15,18). The molecular weight excluding hydrogens is 328 g/mol. The van der Waals surface area contributed by atoms with Gasteiger partial charge in [-0.25, -0.2) is 4.79 Å². The minimum Gasteiger partial charge on any atom is -0.395 e. The number of hydrogen-bond donors (Lipinski definition) is 2. The zero-order valence-corrected chi connectivity index (χ0v) is 13.5. The Morgan fingerprint density at radius 3 is 2.68 bits per heavy atom. The maximum Gasteiger partial charge on any atom is 0.317 e. The number of rotatable bonds is 6. The second-order valence-corrected chi connectivity index (χ2v) is 6.64. The zero-order chi connectivity index (χ0) is 14.3. The van der Waals surface area contributed by atoms with Gasteiger partial charge in [0.1, 0.15) is 0 Å². The molecule has 1 aromatic carbocycles. The summed E-state index contributed by atoms with van der Waals surface area (Å²) in [4.78, 5) is 14.3. The van der Waals surface area contributed by atoms with Crippen LogP contribution in [0.25, 0.3) is 0 Å². The lowest BCUT2D eigenvalue weighted by atomic mass is 10.4. The van der Waals surface area contributed by atoms with E-state index in [-0.39, 0.29) is 17.9 Å². The molecule has 4 nitrogen and oxygen atoms in total. The first kappa shape index (κ1) is 16.3. The molecule has 0 fully saturated rings. The number of halogens is 1. The largest absolute Gasteiger partial charge is 0.395 e. The lowest BCUT2D eigenvalue weighted by Gasteiger charge is -2.18. The van der Waals surface area contributed by atoms with E-state index in [1.54, 1.807) is 18.8 Å². The molecule has 0 heterocycles. The van der Waals surface area contributed by atoms with Crippen molar-refractivity contribution >= 4 is 33.7 Å². The minimum atomic E-state index is -0.155. The number of carbonyl (C=O) groups excluding carboxylic acids is 1. The van der Waals surface area contributed by atoms with Crippen molar-refractivity contribution in [3.63, 3.8) is 0 Å². The van der Waals surface area contributed by atoms with Crippen LogP contribution < -0.4 is 5.32 Å². The maximum absolute atomic E-state index is 11.6. The average molecular weight is 347 g/mol. The molecule has 1 rings (SSSR count). The molecule has 106 valence electrons. The molecular formula is C13H19BrN2O2S. The van der Waals surface area contributed by atoms with Crippen molar-refractivity contribution in [2.45, 2.75) is 17.1 Å². The Bertz CT molecular complexity index is 400. The van der Waals surface area contributed by atoms with Gasteiger partial charge in [0.25, 0.3) is 0 Å². The van der Waals surface area contributed by atoms with Crippen LogP contribution in [0.15, 0.2) is 33.6 Å². The van der Waals surface area contributed by atoms with Crippen LogP contribution in [0, 0.1) is 0 Å². The molecule has 0 saturated carbocycles. The molecule has 0 aliphatic rings. The second-order valence-electron chi connectivity index (χ2n) is 4.21. The summed E-state index contributed by atoms with van der Waals surface area (Å²) in [5, 5.41) is 11.9. The van der Waals surface area contributed by atoms with E-state index in [1.807, 2.05) is 24.3 Å². The first-order valence-corrected chi connectivity index (χ1v) is 7.72. The van der Waals surface area contributed by atoms with Gasteiger partial charge in [-0.3, -0.25) is 0 Å². The highest BCUT2D eigenvalue weighted by Crippen LogP contribution is 2.24. The number of hydrogen-bond acceptors (Lipinski definition) is 3. The van der Waals surface area contributed by atoms with Crippen molar-refractivity contribution < 1.29 is 9.90 Å². The molecule has 1 atom stereocenters. The predicted octanol–water partition coefficient (Wildman–Crippen LogP) is 2.56. The maximum atomic E-state index is 11.6. The number of thioether (sulfide) groups is 1. The highest BCUT2D eigenvalue weighted by molar-refractivity contribution is 9.10. The van der Waals surface area contributed by atoms with Gasteiger partial charge in [0.2, 0.25) is 0 Å². The fourth-order valence-electron chi connectivity index (χ4n) is 1.40. The van der Waals surface area contributed by atoms with Gasteiger partial charge < -0.3 is 15.3 Å². The van der Waals surface area contributed by atoms with E-state index in [4.69, 9.17) is 5.11 Å². The zero-order valence-electron chi connectivity index (χ0n) is 11.1. The van der Waals surface area contributed by atoms with Crippen LogP contribution in [-0.2, 0) is 0 Å². The molecule has 2 N–H and O–H groups in total. The van der Waals surface area contributed by atoms with Gasteiger partial charge in [-0.15, -0.1) is 11.8 Å². The fraction of sp³-hybridized carbons (Fsp3) is 0.462. The number of nitrogens with zero attached hydrogens (tertiary/aromatic N) is 1. The highest BCUT2D eigenvalue weighted by Gasteiger charge is 2.10. The van der Waals surface area contributed by atoms with E-state index >= 15 is 0 Å². The van der Waals surface area contributed by atoms with Gasteiger partial charge in [-0.2, -0.15) is 0 Å². The highest BCUT2D eigenvalue weighted by atomic mass is 79.9. The normalized spacial score (nSPS) is 12.0. The van der Waals surface area contributed by atoms with Gasteiger partial charge in [-0.05, 0) is 24.3 Å². The number of carbonyl (C=O) groups is 1. The molecule has 6 heteroatoms. The Kier molecular flexibility index (Phi) is 7.27. The van der Waals surface area contributed by atoms with Crippen LogP contribution in [0.4, 0.5) is 4.79 Å². The van der Waals surface area contributed by atoms with E-state index in [9.17, 15) is 4.79 Å². The van der Waals surface area contributed by atoms with E-state index in [2.05, 4.69) is 28.2 Å². The van der Waals surface area contributed by atoms with Crippen LogP contribution in [0.1, 0.15) is 6.92 Å². The van der Waals surface area contributed by atoms with Crippen LogP contribution >= 0.6 is 27.7 Å². The molecule has 0 aromatic heterocycles. The summed E-state index contributed by atoms with van der Waals surface area (Å²) in [6.45, 7) is 2.99. The second kappa shape index (κ2) is 8.45. The molecule has 19 heavy (non-hydrogen) atoms. The van der Waals surface area contributed by atoms with Crippen LogP contribution in [0.5, 0.6) is 0 Å². The van der Waals surface area contributed by atoms with E-state index in [1.165, 1.54) is 9.80 Å². The summed E-state index contributed by atoms with van der Waals surface area (Å²) in [5.41, 5.74) is 0. The van der Waals surface area contributed by atoms with Gasteiger partial charge in [0.05, 0.1) is 6.61 Å². The topological polar surface area (TPSA) is 52.6 Å². The summed E-state index contributed by atoms with van der Waals surface area (Å²) >= 11 is 5.12. The van der Waals surface area contributed by atoms with E-state index < -0.39 is 0 Å². The summed E-state index contributed by atoms with van der Waals surface area (Å²) < 4.78 is 1.06. The first-order chi connectivity index (χ1) is 9.02. The molecule has 1 aromatic rings. The Hall–Kier alpha value is -0.720. The third-order valence-electron chi connectivity index (χ3n) is 2.47. The fourth-order valence-corrected chi connectivity index (χ4v) is 2.59. The molecule has 0 aliphatic carbocycles. The van der Waals surface area contributed by atoms with Gasteiger partial charge in [0, 0.05) is 34.8 Å². The number of urea groups is 1. The molecule has 1 unspecified atom stereocenters. The van der Waals surface area contributed by atoms with Crippen molar-refractivity contribution in [1.82, 2.24) is 10.2 Å². The third kappa shape index (κ3) is 6.31. The predicted molar refractivity (Wildman–Crippen MR) is 82.6 cm³/mol. The van der Waals surface area contributed by atoms with Crippen molar-refractivity contribution in [3.05, 3.63) is 28.7 Å². The van der Waals surface area contributed by atoms with Gasteiger partial charge in [-0.1, -0.05) is 22.9 Å². The van der Waals surface area contributed by atoms with Crippen LogP contribution in [-0.4, -0.2) is 48.0 Å².